The summed E-state index contributed by atoms with van der Waals surface area (Å²) in [6.45, 7) is 2.55. The van der Waals surface area contributed by atoms with Crippen LogP contribution in [-0.2, 0) is 17.8 Å². The van der Waals surface area contributed by atoms with Crippen LogP contribution in [0.5, 0.6) is 17.2 Å². The van der Waals surface area contributed by atoms with Gasteiger partial charge in [0.1, 0.15) is 5.75 Å². The first kappa shape index (κ1) is 18.2. The van der Waals surface area contributed by atoms with Crippen molar-refractivity contribution in [3.8, 4) is 17.2 Å². The Balaban J connectivity index is 1.33. The lowest BCUT2D eigenvalue weighted by Gasteiger charge is -2.10. The summed E-state index contributed by atoms with van der Waals surface area (Å²) in [5.74, 6) is 2.31. The summed E-state index contributed by atoms with van der Waals surface area (Å²) in [6, 6.07) is 13.7. The highest BCUT2D eigenvalue weighted by atomic mass is 16.5. The predicted octanol–water partition coefficient (Wildman–Crippen LogP) is 3.17. The number of ether oxygens (including phenoxy) is 3. The van der Waals surface area contributed by atoms with Crippen molar-refractivity contribution in [1.29, 1.82) is 0 Å². The van der Waals surface area contributed by atoms with Crippen molar-refractivity contribution in [3.05, 3.63) is 54.2 Å². The van der Waals surface area contributed by atoms with E-state index >= 15 is 0 Å². The maximum atomic E-state index is 12.3. The Kier molecular flexibility index (Phi) is 5.37. The SMILES string of the molecule is COc1cccc2c1ccn2CCNC(=O)Cc1ccc2c(c1)OCCCO2. The van der Waals surface area contributed by atoms with E-state index in [2.05, 4.69) is 16.0 Å². The topological polar surface area (TPSA) is 61.7 Å². The van der Waals surface area contributed by atoms with Crippen molar-refractivity contribution < 1.29 is 19.0 Å². The van der Waals surface area contributed by atoms with Crippen molar-refractivity contribution in [3.63, 3.8) is 0 Å². The molecule has 6 heteroatoms. The number of fused-ring (bicyclic) bond motifs is 2. The summed E-state index contributed by atoms with van der Waals surface area (Å²) < 4.78 is 18.8. The van der Waals surface area contributed by atoms with Gasteiger partial charge in [0.25, 0.3) is 0 Å². The van der Waals surface area contributed by atoms with E-state index in [1.807, 2.05) is 42.6 Å². The number of rotatable bonds is 6. The van der Waals surface area contributed by atoms with Crippen LogP contribution in [0.3, 0.4) is 0 Å². The number of amides is 1. The van der Waals surface area contributed by atoms with E-state index in [-0.39, 0.29) is 5.91 Å². The number of nitrogens with zero attached hydrogens (tertiary/aromatic N) is 1. The molecule has 0 radical (unpaired) electrons. The summed E-state index contributed by atoms with van der Waals surface area (Å²) in [5.41, 5.74) is 2.01. The first-order chi connectivity index (χ1) is 13.7. The molecule has 0 saturated heterocycles. The number of carbonyl (C=O) groups excluding carboxylic acids is 1. The first-order valence-corrected chi connectivity index (χ1v) is 9.51. The molecule has 0 saturated carbocycles. The molecule has 2 heterocycles. The lowest BCUT2D eigenvalue weighted by molar-refractivity contribution is -0.120. The van der Waals surface area contributed by atoms with Gasteiger partial charge in [0.2, 0.25) is 5.91 Å². The molecule has 0 spiro atoms. The minimum absolute atomic E-state index is 0.0106. The molecular formula is C22H24N2O4. The minimum atomic E-state index is -0.0106. The molecule has 6 nitrogen and oxygen atoms in total. The van der Waals surface area contributed by atoms with Gasteiger partial charge in [-0.15, -0.1) is 0 Å². The zero-order valence-electron chi connectivity index (χ0n) is 15.9. The van der Waals surface area contributed by atoms with E-state index in [0.29, 0.717) is 32.7 Å². The molecule has 3 aromatic rings. The average molecular weight is 380 g/mol. The summed E-state index contributed by atoms with van der Waals surface area (Å²) in [6.07, 6.45) is 3.20. The van der Waals surface area contributed by atoms with Crippen LogP contribution in [-0.4, -0.2) is 37.3 Å². The number of carbonyl (C=O) groups is 1. The molecule has 0 bridgehead atoms. The van der Waals surface area contributed by atoms with Gasteiger partial charge in [-0.2, -0.15) is 0 Å². The Morgan fingerprint density at radius 2 is 2.00 bits per heavy atom. The smallest absolute Gasteiger partial charge is 0.224 e. The van der Waals surface area contributed by atoms with Crippen molar-refractivity contribution in [2.24, 2.45) is 0 Å². The number of benzene rings is 2. The Bertz CT molecular complexity index is 980. The third kappa shape index (κ3) is 3.91. The summed E-state index contributed by atoms with van der Waals surface area (Å²) in [7, 11) is 1.67. The fraction of sp³-hybridized carbons (Fsp3) is 0.318. The molecule has 1 amide bonds. The minimum Gasteiger partial charge on any atom is -0.496 e. The quantitative estimate of drug-likeness (QED) is 0.714. The van der Waals surface area contributed by atoms with Gasteiger partial charge < -0.3 is 24.1 Å². The van der Waals surface area contributed by atoms with Gasteiger partial charge in [-0.25, -0.2) is 0 Å². The predicted molar refractivity (Wildman–Crippen MR) is 107 cm³/mol. The van der Waals surface area contributed by atoms with Crippen LogP contribution in [0.1, 0.15) is 12.0 Å². The molecule has 2 aromatic carbocycles. The second-order valence-corrected chi connectivity index (χ2v) is 6.76. The molecule has 146 valence electrons. The molecule has 0 aliphatic carbocycles. The van der Waals surface area contributed by atoms with Gasteiger partial charge in [-0.1, -0.05) is 12.1 Å². The second-order valence-electron chi connectivity index (χ2n) is 6.76. The number of methoxy groups -OCH3 is 1. The van der Waals surface area contributed by atoms with Crippen LogP contribution in [0.4, 0.5) is 0 Å². The normalized spacial score (nSPS) is 13.2. The van der Waals surface area contributed by atoms with Gasteiger partial charge in [-0.3, -0.25) is 4.79 Å². The Labute approximate surface area is 164 Å². The summed E-state index contributed by atoms with van der Waals surface area (Å²) in [4.78, 5) is 12.3. The second kappa shape index (κ2) is 8.25. The van der Waals surface area contributed by atoms with Gasteiger partial charge in [-0.05, 0) is 35.9 Å². The highest BCUT2D eigenvalue weighted by Gasteiger charge is 2.12. The molecule has 1 aliphatic rings. The first-order valence-electron chi connectivity index (χ1n) is 9.51. The van der Waals surface area contributed by atoms with Crippen LogP contribution in [0, 0.1) is 0 Å². The maximum absolute atomic E-state index is 12.3. The molecular weight excluding hydrogens is 356 g/mol. The lowest BCUT2D eigenvalue weighted by Crippen LogP contribution is -2.28. The summed E-state index contributed by atoms with van der Waals surface area (Å²) >= 11 is 0. The number of aromatic nitrogens is 1. The van der Waals surface area contributed by atoms with E-state index in [0.717, 1.165) is 40.1 Å². The van der Waals surface area contributed by atoms with Crippen LogP contribution in [0.2, 0.25) is 0 Å². The maximum Gasteiger partial charge on any atom is 0.224 e. The lowest BCUT2D eigenvalue weighted by atomic mass is 10.1. The van der Waals surface area contributed by atoms with Crippen molar-refractivity contribution in [2.45, 2.75) is 19.4 Å². The van der Waals surface area contributed by atoms with Crippen LogP contribution < -0.4 is 19.5 Å². The summed E-state index contributed by atoms with van der Waals surface area (Å²) in [5, 5.41) is 4.06. The van der Waals surface area contributed by atoms with E-state index in [1.54, 1.807) is 7.11 Å². The zero-order valence-corrected chi connectivity index (χ0v) is 15.9. The third-order valence-electron chi connectivity index (χ3n) is 4.85. The van der Waals surface area contributed by atoms with Crippen LogP contribution in [0.15, 0.2) is 48.7 Å². The molecule has 1 aromatic heterocycles. The van der Waals surface area contributed by atoms with Gasteiger partial charge in [0.15, 0.2) is 11.5 Å². The largest absolute Gasteiger partial charge is 0.496 e. The number of nitrogens with one attached hydrogen (secondary N) is 1. The fourth-order valence-electron chi connectivity index (χ4n) is 3.45. The number of hydrogen-bond acceptors (Lipinski definition) is 4. The molecule has 1 aliphatic heterocycles. The van der Waals surface area contributed by atoms with Crippen LogP contribution in [0.25, 0.3) is 10.9 Å². The van der Waals surface area contributed by atoms with Gasteiger partial charge in [0, 0.05) is 31.1 Å². The van der Waals surface area contributed by atoms with E-state index < -0.39 is 0 Å². The monoisotopic (exact) mass is 380 g/mol. The van der Waals surface area contributed by atoms with Crippen molar-refractivity contribution in [2.75, 3.05) is 26.9 Å². The molecule has 0 unspecified atom stereocenters. The third-order valence-corrected chi connectivity index (χ3v) is 4.85. The molecule has 0 atom stereocenters. The highest BCUT2D eigenvalue weighted by Crippen LogP contribution is 2.30. The van der Waals surface area contributed by atoms with E-state index in [4.69, 9.17) is 14.2 Å². The van der Waals surface area contributed by atoms with E-state index in [9.17, 15) is 4.79 Å². The Morgan fingerprint density at radius 1 is 1.14 bits per heavy atom. The standard InChI is InChI=1S/C22H24N2O4/c1-26-19-5-2-4-18-17(19)8-10-24(18)11-9-23-22(25)15-16-6-7-20-21(14-16)28-13-3-12-27-20/h2,4-8,10,14H,3,9,11-13,15H2,1H3,(H,23,25). The fourth-order valence-corrected chi connectivity index (χ4v) is 3.45. The Hall–Kier alpha value is -3.15. The highest BCUT2D eigenvalue weighted by molar-refractivity contribution is 5.86. The van der Waals surface area contributed by atoms with Gasteiger partial charge >= 0.3 is 0 Å². The van der Waals surface area contributed by atoms with Crippen molar-refractivity contribution in [1.82, 2.24) is 9.88 Å². The van der Waals surface area contributed by atoms with Crippen molar-refractivity contribution >= 4 is 16.8 Å². The molecule has 28 heavy (non-hydrogen) atoms. The van der Waals surface area contributed by atoms with Gasteiger partial charge in [0.05, 0.1) is 32.3 Å². The zero-order chi connectivity index (χ0) is 19.3. The number of hydrogen-bond donors (Lipinski definition) is 1. The van der Waals surface area contributed by atoms with Crippen LogP contribution >= 0.6 is 0 Å². The molecule has 0 fully saturated rings. The molecule has 4 rings (SSSR count). The average Bonchev–Trinajstić information content (AvgIpc) is 2.97. The van der Waals surface area contributed by atoms with E-state index in [1.165, 1.54) is 0 Å². The Morgan fingerprint density at radius 3 is 2.86 bits per heavy atom. The molecule has 1 N–H and O–H groups in total.